The van der Waals surface area contributed by atoms with Crippen LogP contribution in [0.3, 0.4) is 0 Å². The zero-order chi connectivity index (χ0) is 24.2. The summed E-state index contributed by atoms with van der Waals surface area (Å²) in [6, 6.07) is 13.1. The maximum Gasteiger partial charge on any atom is 0.266 e. The number of hydrogen-bond acceptors (Lipinski definition) is 4. The second-order valence-corrected chi connectivity index (χ2v) is 9.45. The van der Waals surface area contributed by atoms with Gasteiger partial charge in [0.25, 0.3) is 5.56 Å². The number of ether oxygens (including phenoxy) is 1. The number of carbonyl (C=O) groups excluding carboxylic acids is 1. The number of fused-ring (bicyclic) bond motifs is 1. The molecule has 1 aliphatic rings. The van der Waals surface area contributed by atoms with E-state index in [0.717, 1.165) is 42.5 Å². The third kappa shape index (κ3) is 4.78. The summed E-state index contributed by atoms with van der Waals surface area (Å²) in [6.07, 6.45) is 5.21. The van der Waals surface area contributed by atoms with E-state index in [1.54, 1.807) is 11.7 Å². The molecule has 1 amide bonds. The highest BCUT2D eigenvalue weighted by Crippen LogP contribution is 2.30. The van der Waals surface area contributed by atoms with E-state index < -0.39 is 0 Å². The molecule has 0 radical (unpaired) electrons. The minimum atomic E-state index is -0.387. The van der Waals surface area contributed by atoms with Gasteiger partial charge in [-0.05, 0) is 62.9 Å². The molecule has 0 bridgehead atoms. The van der Waals surface area contributed by atoms with E-state index in [1.165, 1.54) is 6.42 Å². The summed E-state index contributed by atoms with van der Waals surface area (Å²) < 4.78 is 7.07. The van der Waals surface area contributed by atoms with E-state index in [1.807, 2.05) is 68.1 Å². The first-order chi connectivity index (χ1) is 16.4. The zero-order valence-electron chi connectivity index (χ0n) is 20.7. The lowest BCUT2D eigenvalue weighted by molar-refractivity contribution is -0.139. The highest BCUT2D eigenvalue weighted by Gasteiger charge is 2.32. The molecule has 0 aliphatic heterocycles. The van der Waals surface area contributed by atoms with Gasteiger partial charge in [0.2, 0.25) is 5.91 Å². The van der Waals surface area contributed by atoms with E-state index in [-0.39, 0.29) is 23.4 Å². The Morgan fingerprint density at radius 3 is 2.62 bits per heavy atom. The van der Waals surface area contributed by atoms with Crippen LogP contribution in [0.4, 0.5) is 0 Å². The number of rotatable bonds is 7. The predicted octanol–water partition coefficient (Wildman–Crippen LogP) is 5.12. The molecule has 1 unspecified atom stereocenters. The fourth-order valence-corrected chi connectivity index (χ4v) is 5.03. The summed E-state index contributed by atoms with van der Waals surface area (Å²) in [6.45, 7) is 6.89. The van der Waals surface area contributed by atoms with Crippen LogP contribution in [0.2, 0.25) is 0 Å². The summed E-state index contributed by atoms with van der Waals surface area (Å²) in [5.74, 6) is 0.742. The first-order valence-corrected chi connectivity index (χ1v) is 12.3. The minimum absolute atomic E-state index is 0.0226. The molecule has 0 spiro atoms. The van der Waals surface area contributed by atoms with E-state index in [0.29, 0.717) is 29.9 Å². The summed E-state index contributed by atoms with van der Waals surface area (Å²) in [5.41, 5.74) is 3.39. The molecule has 0 saturated heterocycles. The molecule has 6 nitrogen and oxygen atoms in total. The fraction of sp³-hybridized carbons (Fsp3) is 0.464. The molecule has 34 heavy (non-hydrogen) atoms. The highest BCUT2D eigenvalue weighted by atomic mass is 16.5. The van der Waals surface area contributed by atoms with E-state index in [9.17, 15) is 9.59 Å². The van der Waals surface area contributed by atoms with Gasteiger partial charge in [-0.15, -0.1) is 0 Å². The van der Waals surface area contributed by atoms with Crippen molar-refractivity contribution >= 4 is 16.8 Å². The van der Waals surface area contributed by atoms with Crippen molar-refractivity contribution in [3.63, 3.8) is 0 Å². The molecular weight excluding hydrogens is 426 g/mol. The number of amides is 1. The Kier molecular flexibility index (Phi) is 7.47. The lowest BCUT2D eigenvalue weighted by atomic mass is 9.88. The Bertz CT molecular complexity index is 1230. The summed E-state index contributed by atoms with van der Waals surface area (Å²) in [5, 5.41) is 0.571. The number of carbonyl (C=O) groups is 1. The number of aryl methyl sites for hydroxylation is 2. The molecule has 3 aromatic rings. The summed E-state index contributed by atoms with van der Waals surface area (Å²) >= 11 is 0. The Hall–Kier alpha value is -2.99. The number of methoxy groups -OCH3 is 1. The standard InChI is InChI=1S/C28H35N3O3/c1-19-14-15-20(2)25(18-19)31-26(29-24-13-9-8-12-23(24)28(31)33)21(3)30(16-17-34-4)27(32)22-10-6-5-7-11-22/h8-9,12-15,18,21-22H,5-7,10-11,16-17H2,1-4H3. The molecule has 1 heterocycles. The molecule has 180 valence electrons. The van der Waals surface area contributed by atoms with Gasteiger partial charge >= 0.3 is 0 Å². The van der Waals surface area contributed by atoms with Gasteiger partial charge in [-0.1, -0.05) is 43.5 Å². The second kappa shape index (κ2) is 10.5. The first kappa shape index (κ1) is 24.1. The van der Waals surface area contributed by atoms with Crippen molar-refractivity contribution < 1.29 is 9.53 Å². The molecule has 0 N–H and O–H groups in total. The minimum Gasteiger partial charge on any atom is -0.383 e. The molecule has 1 fully saturated rings. The average Bonchev–Trinajstić information content (AvgIpc) is 2.86. The van der Waals surface area contributed by atoms with Crippen LogP contribution in [0, 0.1) is 19.8 Å². The van der Waals surface area contributed by atoms with E-state index in [2.05, 4.69) is 0 Å². The third-order valence-electron chi connectivity index (χ3n) is 7.02. The van der Waals surface area contributed by atoms with Crippen molar-refractivity contribution in [2.45, 2.75) is 58.9 Å². The van der Waals surface area contributed by atoms with E-state index >= 15 is 0 Å². The number of nitrogens with zero attached hydrogens (tertiary/aromatic N) is 3. The van der Waals surface area contributed by atoms with Crippen molar-refractivity contribution in [2.75, 3.05) is 20.3 Å². The molecular formula is C28H35N3O3. The largest absolute Gasteiger partial charge is 0.383 e. The zero-order valence-corrected chi connectivity index (χ0v) is 20.7. The van der Waals surface area contributed by atoms with Crippen LogP contribution >= 0.6 is 0 Å². The molecule has 1 aliphatic carbocycles. The monoisotopic (exact) mass is 461 g/mol. The Labute approximate surface area is 201 Å². The number of benzene rings is 2. The lowest BCUT2D eigenvalue weighted by Crippen LogP contribution is -2.42. The van der Waals surface area contributed by atoms with Gasteiger partial charge in [-0.2, -0.15) is 0 Å². The molecule has 6 heteroatoms. The Balaban J connectivity index is 1.89. The van der Waals surface area contributed by atoms with Crippen molar-refractivity contribution in [3.05, 3.63) is 69.8 Å². The number of para-hydroxylation sites is 1. The van der Waals surface area contributed by atoms with Crippen molar-refractivity contribution in [3.8, 4) is 5.69 Å². The van der Waals surface area contributed by atoms with Crippen LogP contribution in [0.5, 0.6) is 0 Å². The van der Waals surface area contributed by atoms with Gasteiger partial charge in [-0.3, -0.25) is 14.2 Å². The van der Waals surface area contributed by atoms with Gasteiger partial charge in [0, 0.05) is 19.6 Å². The van der Waals surface area contributed by atoms with Crippen molar-refractivity contribution in [2.24, 2.45) is 5.92 Å². The Morgan fingerprint density at radius 2 is 1.88 bits per heavy atom. The molecule has 1 saturated carbocycles. The maximum atomic E-state index is 13.8. The summed E-state index contributed by atoms with van der Waals surface area (Å²) in [4.78, 5) is 34.4. The van der Waals surface area contributed by atoms with Crippen LogP contribution < -0.4 is 5.56 Å². The van der Waals surface area contributed by atoms with Crippen LogP contribution in [0.1, 0.15) is 62.0 Å². The number of hydrogen-bond donors (Lipinski definition) is 0. The molecule has 1 atom stereocenters. The quantitative estimate of drug-likeness (QED) is 0.490. The molecule has 2 aromatic carbocycles. The summed E-state index contributed by atoms with van der Waals surface area (Å²) in [7, 11) is 1.65. The van der Waals surface area contributed by atoms with Crippen molar-refractivity contribution in [1.82, 2.24) is 14.5 Å². The maximum absolute atomic E-state index is 13.8. The van der Waals surface area contributed by atoms with Crippen LogP contribution in [0.25, 0.3) is 16.6 Å². The second-order valence-electron chi connectivity index (χ2n) is 9.45. The van der Waals surface area contributed by atoms with E-state index in [4.69, 9.17) is 9.72 Å². The van der Waals surface area contributed by atoms with Crippen molar-refractivity contribution in [1.29, 1.82) is 0 Å². The van der Waals surface area contributed by atoms with Crippen LogP contribution in [-0.2, 0) is 9.53 Å². The lowest BCUT2D eigenvalue weighted by Gasteiger charge is -2.34. The molecule has 4 rings (SSSR count). The average molecular weight is 462 g/mol. The highest BCUT2D eigenvalue weighted by molar-refractivity contribution is 5.80. The van der Waals surface area contributed by atoms with Crippen LogP contribution in [0.15, 0.2) is 47.3 Å². The SMILES string of the molecule is COCCN(C(=O)C1CCCCC1)C(C)c1nc2ccccc2c(=O)n1-c1cc(C)ccc1C. The molecule has 1 aromatic heterocycles. The fourth-order valence-electron chi connectivity index (χ4n) is 5.03. The van der Waals surface area contributed by atoms with Gasteiger partial charge < -0.3 is 9.64 Å². The van der Waals surface area contributed by atoms with Gasteiger partial charge in [0.15, 0.2) is 0 Å². The van der Waals surface area contributed by atoms with Gasteiger partial charge in [-0.25, -0.2) is 4.98 Å². The first-order valence-electron chi connectivity index (χ1n) is 12.3. The normalized spacial score (nSPS) is 15.4. The number of aromatic nitrogens is 2. The van der Waals surface area contributed by atoms with Crippen LogP contribution in [-0.4, -0.2) is 40.6 Å². The topological polar surface area (TPSA) is 64.4 Å². The van der Waals surface area contributed by atoms with Gasteiger partial charge in [0.1, 0.15) is 5.82 Å². The smallest absolute Gasteiger partial charge is 0.266 e. The van der Waals surface area contributed by atoms with Gasteiger partial charge in [0.05, 0.1) is 29.2 Å². The Morgan fingerprint density at radius 1 is 1.15 bits per heavy atom. The predicted molar refractivity (Wildman–Crippen MR) is 135 cm³/mol. The third-order valence-corrected chi connectivity index (χ3v) is 7.02.